The summed E-state index contributed by atoms with van der Waals surface area (Å²) in [5, 5.41) is 0. The fraction of sp³-hybridized carbons (Fsp3) is 0.944. The van der Waals surface area contributed by atoms with Crippen molar-refractivity contribution in [1.82, 2.24) is 0 Å². The third-order valence-electron chi connectivity index (χ3n) is 5.31. The minimum Gasteiger partial charge on any atom is -0.462 e. The summed E-state index contributed by atoms with van der Waals surface area (Å²) < 4.78 is 123. The van der Waals surface area contributed by atoms with Gasteiger partial charge in [0.2, 0.25) is 0 Å². The molecule has 0 aromatic carbocycles. The van der Waals surface area contributed by atoms with Gasteiger partial charge >= 0.3 is 29.9 Å². The van der Waals surface area contributed by atoms with Gasteiger partial charge in [-0.3, -0.25) is 4.79 Å². The van der Waals surface area contributed by atoms with Gasteiger partial charge in [0.25, 0.3) is 0 Å². The number of alkyl halides is 9. The molecule has 0 saturated heterocycles. The fourth-order valence-electron chi connectivity index (χ4n) is 3.24. The molecule has 0 aromatic heterocycles. The molecule has 29 heavy (non-hydrogen) atoms. The molecular weight excluding hydrogens is 419 g/mol. The second-order valence-corrected chi connectivity index (χ2v) is 7.66. The predicted octanol–water partition coefficient (Wildman–Crippen LogP) is 6.77. The number of rotatable bonds is 9. The Morgan fingerprint density at radius 1 is 0.931 bits per heavy atom. The zero-order valence-electron chi connectivity index (χ0n) is 16.1. The minimum absolute atomic E-state index is 0.244. The second-order valence-electron chi connectivity index (χ2n) is 7.66. The molecule has 2 nitrogen and oxygen atoms in total. The molecule has 172 valence electrons. The van der Waals surface area contributed by atoms with Crippen LogP contribution in [-0.4, -0.2) is 36.0 Å². The molecule has 2 atom stereocenters. The summed E-state index contributed by atoms with van der Waals surface area (Å²) in [7, 11) is 0. The summed E-state index contributed by atoms with van der Waals surface area (Å²) in [6.07, 6.45) is -7.53. The van der Waals surface area contributed by atoms with Gasteiger partial charge in [0.1, 0.15) is 6.10 Å². The van der Waals surface area contributed by atoms with E-state index in [-0.39, 0.29) is 18.8 Å². The Morgan fingerprint density at radius 2 is 1.45 bits per heavy atom. The number of hydrogen-bond donors (Lipinski definition) is 0. The van der Waals surface area contributed by atoms with Crippen LogP contribution in [0.15, 0.2) is 0 Å². The topological polar surface area (TPSA) is 26.3 Å². The highest BCUT2D eigenvalue weighted by Gasteiger charge is 2.81. The van der Waals surface area contributed by atoms with Crippen LogP contribution in [0.2, 0.25) is 0 Å². The molecule has 0 bridgehead atoms. The number of hydrogen-bond acceptors (Lipinski definition) is 2. The van der Waals surface area contributed by atoms with E-state index in [4.69, 9.17) is 4.74 Å². The van der Waals surface area contributed by atoms with Crippen LogP contribution in [0.3, 0.4) is 0 Å². The van der Waals surface area contributed by atoms with Gasteiger partial charge < -0.3 is 4.74 Å². The van der Waals surface area contributed by atoms with Gasteiger partial charge in [-0.15, -0.1) is 0 Å². The van der Waals surface area contributed by atoms with Crippen LogP contribution in [0.25, 0.3) is 0 Å². The second kappa shape index (κ2) is 9.32. The highest BCUT2D eigenvalue weighted by molar-refractivity contribution is 5.72. The van der Waals surface area contributed by atoms with Crippen molar-refractivity contribution >= 4 is 5.97 Å². The average molecular weight is 444 g/mol. The summed E-state index contributed by atoms with van der Waals surface area (Å²) in [6, 6.07) is 0. The quantitative estimate of drug-likeness (QED) is 0.290. The largest absolute Gasteiger partial charge is 0.462 e. The molecule has 1 saturated carbocycles. The Labute approximate surface area is 163 Å². The van der Waals surface area contributed by atoms with E-state index in [1.807, 2.05) is 0 Å². The maximum atomic E-state index is 14.0. The molecule has 0 spiro atoms. The van der Waals surface area contributed by atoms with E-state index in [0.29, 0.717) is 12.8 Å². The Bertz CT molecular complexity index is 540. The highest BCUT2D eigenvalue weighted by Crippen LogP contribution is 2.54. The van der Waals surface area contributed by atoms with Gasteiger partial charge in [-0.1, -0.05) is 46.0 Å². The van der Waals surface area contributed by atoms with Crippen molar-refractivity contribution in [2.75, 3.05) is 0 Å². The molecule has 2 unspecified atom stereocenters. The molecule has 0 amide bonds. The maximum absolute atomic E-state index is 14.0. The van der Waals surface area contributed by atoms with E-state index in [1.165, 1.54) is 6.92 Å². The Kier molecular flexibility index (Phi) is 8.32. The lowest BCUT2D eigenvalue weighted by Gasteiger charge is -2.36. The molecule has 0 aromatic rings. The van der Waals surface area contributed by atoms with Crippen molar-refractivity contribution in [3.05, 3.63) is 0 Å². The molecule has 0 aliphatic heterocycles. The van der Waals surface area contributed by atoms with E-state index < -0.39 is 48.4 Å². The summed E-state index contributed by atoms with van der Waals surface area (Å²) >= 11 is 0. The number of esters is 1. The normalized spacial score (nSPS) is 19.7. The van der Waals surface area contributed by atoms with Gasteiger partial charge in [-0.25, -0.2) is 0 Å². The first-order valence-corrected chi connectivity index (χ1v) is 9.47. The Balaban J connectivity index is 3.08. The van der Waals surface area contributed by atoms with E-state index >= 15 is 0 Å². The van der Waals surface area contributed by atoms with E-state index in [2.05, 4.69) is 0 Å². The Hall–Kier alpha value is -1.16. The standard InChI is InChI=1S/C18H25F9O2/c1-3-11(2)14(28)29-13(9-12-7-5-4-6-8-12)10-15(19,20)16(21,22)17(23,24)18(25,26)27/h11-13H,3-10H2,1-2H3. The zero-order valence-corrected chi connectivity index (χ0v) is 16.1. The molecule has 1 aliphatic rings. The average Bonchev–Trinajstić information content (AvgIpc) is 2.60. The summed E-state index contributed by atoms with van der Waals surface area (Å²) in [4.78, 5) is 11.9. The van der Waals surface area contributed by atoms with Crippen LogP contribution in [0.1, 0.15) is 65.2 Å². The zero-order chi connectivity index (χ0) is 22.7. The highest BCUT2D eigenvalue weighted by atomic mass is 19.4. The van der Waals surface area contributed by atoms with Crippen LogP contribution in [0.5, 0.6) is 0 Å². The van der Waals surface area contributed by atoms with Crippen LogP contribution in [0, 0.1) is 11.8 Å². The SMILES string of the molecule is CCC(C)C(=O)OC(CC1CCCCC1)CC(F)(F)C(F)(F)C(F)(F)C(F)(F)F. The van der Waals surface area contributed by atoms with Crippen molar-refractivity contribution in [2.45, 2.75) is 95.3 Å². The lowest BCUT2D eigenvalue weighted by molar-refractivity contribution is -0.398. The van der Waals surface area contributed by atoms with Crippen molar-refractivity contribution in [3.63, 3.8) is 0 Å². The summed E-state index contributed by atoms with van der Waals surface area (Å²) in [6.45, 7) is 2.97. The first kappa shape index (κ1) is 25.9. The molecule has 1 fully saturated rings. The smallest absolute Gasteiger partial charge is 0.460 e. The summed E-state index contributed by atoms with van der Waals surface area (Å²) in [5.41, 5.74) is 0. The first-order chi connectivity index (χ1) is 13.1. The number of halogens is 9. The van der Waals surface area contributed by atoms with E-state index in [1.54, 1.807) is 6.92 Å². The number of ether oxygens (including phenoxy) is 1. The van der Waals surface area contributed by atoms with Gasteiger partial charge in [0.05, 0.1) is 12.3 Å². The monoisotopic (exact) mass is 444 g/mol. The Morgan fingerprint density at radius 3 is 1.90 bits per heavy atom. The third-order valence-corrected chi connectivity index (χ3v) is 5.31. The fourth-order valence-corrected chi connectivity index (χ4v) is 3.24. The lowest BCUT2D eigenvalue weighted by Crippen LogP contribution is -2.61. The molecule has 1 rings (SSSR count). The maximum Gasteiger partial charge on any atom is 0.460 e. The van der Waals surface area contributed by atoms with Gasteiger partial charge in [0.15, 0.2) is 0 Å². The predicted molar refractivity (Wildman–Crippen MR) is 86.0 cm³/mol. The van der Waals surface area contributed by atoms with Crippen LogP contribution in [0.4, 0.5) is 39.5 Å². The molecule has 0 heterocycles. The van der Waals surface area contributed by atoms with Gasteiger partial charge in [-0.2, -0.15) is 39.5 Å². The van der Waals surface area contributed by atoms with Crippen molar-refractivity contribution in [1.29, 1.82) is 0 Å². The van der Waals surface area contributed by atoms with Crippen LogP contribution >= 0.6 is 0 Å². The molecule has 0 N–H and O–H groups in total. The third kappa shape index (κ3) is 5.93. The van der Waals surface area contributed by atoms with Crippen LogP contribution < -0.4 is 0 Å². The van der Waals surface area contributed by atoms with Crippen molar-refractivity contribution in [2.24, 2.45) is 11.8 Å². The molecule has 11 heteroatoms. The lowest BCUT2D eigenvalue weighted by atomic mass is 9.83. The van der Waals surface area contributed by atoms with Crippen molar-refractivity contribution in [3.8, 4) is 0 Å². The van der Waals surface area contributed by atoms with E-state index in [0.717, 1.165) is 19.3 Å². The molecule has 1 aliphatic carbocycles. The first-order valence-electron chi connectivity index (χ1n) is 9.47. The van der Waals surface area contributed by atoms with Gasteiger partial charge in [0, 0.05) is 0 Å². The molecular formula is C18H25F9O2. The van der Waals surface area contributed by atoms with Crippen molar-refractivity contribution < 1.29 is 49.0 Å². The number of carbonyl (C=O) groups is 1. The summed E-state index contributed by atoms with van der Waals surface area (Å²) in [5.74, 6) is -21.4. The van der Waals surface area contributed by atoms with E-state index in [9.17, 15) is 44.3 Å². The van der Waals surface area contributed by atoms with Crippen LogP contribution in [-0.2, 0) is 9.53 Å². The van der Waals surface area contributed by atoms with Gasteiger partial charge in [-0.05, 0) is 18.8 Å². The number of carbonyl (C=O) groups excluding carboxylic acids is 1. The minimum atomic E-state index is -6.94. The molecule has 0 radical (unpaired) electrons.